The molecule has 1 aromatic heterocycles. The minimum Gasteiger partial charge on any atom is -0.310 e. The molecule has 1 atom stereocenters. The van der Waals surface area contributed by atoms with Crippen molar-refractivity contribution >= 4 is 0 Å². The molecule has 0 radical (unpaired) electrons. The zero-order valence-electron chi connectivity index (χ0n) is 11.8. The van der Waals surface area contributed by atoms with Gasteiger partial charge in [-0.25, -0.2) is 0 Å². The summed E-state index contributed by atoms with van der Waals surface area (Å²) in [6.07, 6.45) is 0.825. The number of nitrogens with zero attached hydrogens (tertiary/aromatic N) is 3. The van der Waals surface area contributed by atoms with Crippen LogP contribution in [0.25, 0.3) is 11.1 Å². The topological polar surface area (TPSA) is 66.5 Å². The van der Waals surface area contributed by atoms with Gasteiger partial charge in [0.2, 0.25) is 0 Å². The number of rotatable bonds is 5. The van der Waals surface area contributed by atoms with Crippen molar-refractivity contribution in [3.63, 3.8) is 0 Å². The van der Waals surface area contributed by atoms with Crippen molar-refractivity contribution in [3.05, 3.63) is 66.0 Å². The molecule has 0 spiro atoms. The minimum absolute atomic E-state index is 0.0614. The molecule has 1 heterocycles. The summed E-state index contributed by atoms with van der Waals surface area (Å²) in [4.78, 5) is 0. The molecule has 3 aromatic rings. The molecule has 5 heteroatoms. The molecule has 0 saturated heterocycles. The van der Waals surface area contributed by atoms with E-state index >= 15 is 0 Å². The highest BCUT2D eigenvalue weighted by atomic mass is 15.5. The van der Waals surface area contributed by atoms with Crippen LogP contribution in [0.1, 0.15) is 17.4 Å². The Kier molecular flexibility index (Phi) is 4.02. The maximum atomic E-state index is 4.04. The molecule has 21 heavy (non-hydrogen) atoms. The van der Waals surface area contributed by atoms with E-state index in [1.165, 1.54) is 16.7 Å². The van der Waals surface area contributed by atoms with Crippen molar-refractivity contribution in [2.75, 3.05) is 7.05 Å². The molecule has 2 N–H and O–H groups in total. The van der Waals surface area contributed by atoms with Crippen LogP contribution in [0.15, 0.2) is 54.6 Å². The summed E-state index contributed by atoms with van der Waals surface area (Å²) in [6.45, 7) is 0. The van der Waals surface area contributed by atoms with Crippen molar-refractivity contribution in [1.82, 2.24) is 25.9 Å². The van der Waals surface area contributed by atoms with E-state index < -0.39 is 0 Å². The zero-order chi connectivity index (χ0) is 14.5. The van der Waals surface area contributed by atoms with Gasteiger partial charge in [-0.1, -0.05) is 59.8 Å². The lowest BCUT2D eigenvalue weighted by molar-refractivity contribution is 0.558. The molecular formula is C16H17N5. The largest absolute Gasteiger partial charge is 0.310 e. The zero-order valence-corrected chi connectivity index (χ0v) is 11.8. The Morgan fingerprint density at radius 2 is 1.71 bits per heavy atom. The number of tetrazole rings is 1. The van der Waals surface area contributed by atoms with Crippen LogP contribution >= 0.6 is 0 Å². The fourth-order valence-electron chi connectivity index (χ4n) is 2.34. The first-order valence-corrected chi connectivity index (χ1v) is 6.92. The highest BCUT2D eigenvalue weighted by molar-refractivity contribution is 5.63. The van der Waals surface area contributed by atoms with Crippen LogP contribution in [0.3, 0.4) is 0 Å². The van der Waals surface area contributed by atoms with Gasteiger partial charge in [0.15, 0.2) is 5.82 Å². The summed E-state index contributed by atoms with van der Waals surface area (Å²) in [5, 5.41) is 17.4. The van der Waals surface area contributed by atoms with Crippen molar-refractivity contribution in [2.24, 2.45) is 0 Å². The maximum absolute atomic E-state index is 4.04. The fourth-order valence-corrected chi connectivity index (χ4v) is 2.34. The van der Waals surface area contributed by atoms with Crippen molar-refractivity contribution in [1.29, 1.82) is 0 Å². The van der Waals surface area contributed by atoms with Crippen LogP contribution < -0.4 is 5.32 Å². The number of hydrogen-bond acceptors (Lipinski definition) is 4. The van der Waals surface area contributed by atoms with Crippen molar-refractivity contribution < 1.29 is 0 Å². The fraction of sp³-hybridized carbons (Fsp3) is 0.188. The minimum atomic E-state index is 0.0614. The van der Waals surface area contributed by atoms with E-state index in [0.717, 1.165) is 6.42 Å². The lowest BCUT2D eigenvalue weighted by Gasteiger charge is -2.12. The highest BCUT2D eigenvalue weighted by Gasteiger charge is 2.14. The van der Waals surface area contributed by atoms with Gasteiger partial charge in [-0.3, -0.25) is 0 Å². The highest BCUT2D eigenvalue weighted by Crippen LogP contribution is 2.21. The van der Waals surface area contributed by atoms with Crippen molar-refractivity contribution in [3.8, 4) is 11.1 Å². The predicted molar refractivity (Wildman–Crippen MR) is 81.6 cm³/mol. The van der Waals surface area contributed by atoms with Crippen LogP contribution in [-0.4, -0.2) is 27.7 Å². The number of likely N-dealkylation sites (N-methyl/N-ethyl adjacent to an activating group) is 1. The van der Waals surface area contributed by atoms with Gasteiger partial charge in [0, 0.05) is 0 Å². The Bertz CT molecular complexity index is 662. The summed E-state index contributed by atoms with van der Waals surface area (Å²) in [5.74, 6) is 0.685. The average molecular weight is 279 g/mol. The second-order valence-electron chi connectivity index (χ2n) is 4.88. The van der Waals surface area contributed by atoms with E-state index in [0.29, 0.717) is 5.82 Å². The Morgan fingerprint density at radius 3 is 2.33 bits per heavy atom. The molecule has 0 amide bonds. The van der Waals surface area contributed by atoms with Gasteiger partial charge in [0.1, 0.15) is 0 Å². The van der Waals surface area contributed by atoms with Crippen LogP contribution in [0.2, 0.25) is 0 Å². The maximum Gasteiger partial charge on any atom is 0.191 e. The van der Waals surface area contributed by atoms with Gasteiger partial charge in [-0.15, -0.1) is 10.2 Å². The number of benzene rings is 2. The van der Waals surface area contributed by atoms with E-state index in [1.54, 1.807) is 0 Å². The predicted octanol–water partition coefficient (Wildman–Crippen LogP) is 2.37. The normalized spacial score (nSPS) is 12.2. The number of hydrogen-bond donors (Lipinski definition) is 2. The van der Waals surface area contributed by atoms with Crippen LogP contribution in [0, 0.1) is 0 Å². The van der Waals surface area contributed by atoms with E-state index in [-0.39, 0.29) is 6.04 Å². The van der Waals surface area contributed by atoms with Gasteiger partial charge < -0.3 is 5.32 Å². The summed E-state index contributed by atoms with van der Waals surface area (Å²) in [6, 6.07) is 19.0. The summed E-state index contributed by atoms with van der Waals surface area (Å²) in [5.41, 5.74) is 3.69. The smallest absolute Gasteiger partial charge is 0.191 e. The molecule has 0 bridgehead atoms. The standard InChI is InChI=1S/C16H17N5/c1-17-15(16-18-20-21-19-16)11-12-7-9-14(10-8-12)13-5-3-2-4-6-13/h2-10,15,17H,11H2,1H3,(H,18,19,20,21)/t15-/m0/s1. The van der Waals surface area contributed by atoms with E-state index in [9.17, 15) is 0 Å². The molecule has 0 aliphatic heterocycles. The molecular weight excluding hydrogens is 262 g/mol. The van der Waals surface area contributed by atoms with Crippen LogP contribution in [-0.2, 0) is 6.42 Å². The van der Waals surface area contributed by atoms with E-state index in [1.807, 2.05) is 13.1 Å². The number of H-pyrrole nitrogens is 1. The number of nitrogens with one attached hydrogen (secondary N) is 2. The molecule has 0 saturated carbocycles. The molecule has 3 rings (SSSR count). The first-order chi connectivity index (χ1) is 10.4. The lowest BCUT2D eigenvalue weighted by Crippen LogP contribution is -2.20. The number of aromatic nitrogens is 4. The Hall–Kier alpha value is -2.53. The molecule has 0 unspecified atom stereocenters. The molecule has 106 valence electrons. The van der Waals surface area contributed by atoms with Crippen LogP contribution in [0.5, 0.6) is 0 Å². The summed E-state index contributed by atoms with van der Waals surface area (Å²) in [7, 11) is 1.90. The molecule has 0 aliphatic rings. The molecule has 2 aromatic carbocycles. The van der Waals surface area contributed by atoms with Gasteiger partial charge in [-0.2, -0.15) is 5.21 Å². The Labute approximate surface area is 123 Å². The quantitative estimate of drug-likeness (QED) is 0.752. The SMILES string of the molecule is CN[C@@H](Cc1ccc(-c2ccccc2)cc1)c1nn[nH]n1. The Balaban J connectivity index is 1.75. The summed E-state index contributed by atoms with van der Waals surface area (Å²) < 4.78 is 0. The first kappa shape index (κ1) is 13.5. The van der Waals surface area contributed by atoms with E-state index in [2.05, 4.69) is 74.5 Å². The second-order valence-corrected chi connectivity index (χ2v) is 4.88. The molecule has 5 nitrogen and oxygen atoms in total. The first-order valence-electron chi connectivity index (χ1n) is 6.92. The third-order valence-electron chi connectivity index (χ3n) is 3.52. The number of aromatic amines is 1. The Morgan fingerprint density at radius 1 is 1.00 bits per heavy atom. The third-order valence-corrected chi connectivity index (χ3v) is 3.52. The van der Waals surface area contributed by atoms with Gasteiger partial charge >= 0.3 is 0 Å². The monoisotopic (exact) mass is 279 g/mol. The second kappa shape index (κ2) is 6.28. The molecule has 0 fully saturated rings. The van der Waals surface area contributed by atoms with Gasteiger partial charge in [-0.05, 0) is 30.2 Å². The van der Waals surface area contributed by atoms with Gasteiger partial charge in [0.05, 0.1) is 6.04 Å². The summed E-state index contributed by atoms with van der Waals surface area (Å²) >= 11 is 0. The third kappa shape index (κ3) is 3.14. The molecule has 0 aliphatic carbocycles. The lowest BCUT2D eigenvalue weighted by atomic mass is 10.0. The average Bonchev–Trinajstić information content (AvgIpc) is 3.08. The van der Waals surface area contributed by atoms with Gasteiger partial charge in [0.25, 0.3) is 0 Å². The van der Waals surface area contributed by atoms with Crippen LogP contribution in [0.4, 0.5) is 0 Å². The van der Waals surface area contributed by atoms with Crippen molar-refractivity contribution in [2.45, 2.75) is 12.5 Å². The van der Waals surface area contributed by atoms with E-state index in [4.69, 9.17) is 0 Å².